The molecule has 0 spiro atoms. The summed E-state index contributed by atoms with van der Waals surface area (Å²) >= 11 is 6.18. The van der Waals surface area contributed by atoms with Crippen molar-refractivity contribution in [3.05, 3.63) is 57.9 Å². The summed E-state index contributed by atoms with van der Waals surface area (Å²) in [6.07, 6.45) is 2.04. The standard InChI is InChI=1S/C21H24ClN3O3/c1-14-5-4-8-24(14)21(27)18-11-16(19-13-28-10-9-25(18)19)20(26)23-12-15-6-2-3-7-17(15)22/h2-3,6-7,11,14H,4-5,8-10,12-13H2,1H3,(H,23,26)/t14-/m0/s1. The lowest BCUT2D eigenvalue weighted by Crippen LogP contribution is -2.35. The minimum absolute atomic E-state index is 0.00157. The highest BCUT2D eigenvalue weighted by molar-refractivity contribution is 6.31. The van der Waals surface area contributed by atoms with Crippen LogP contribution in [0.3, 0.4) is 0 Å². The summed E-state index contributed by atoms with van der Waals surface area (Å²) in [7, 11) is 0. The van der Waals surface area contributed by atoms with E-state index >= 15 is 0 Å². The van der Waals surface area contributed by atoms with Crippen LogP contribution in [0.2, 0.25) is 5.02 Å². The maximum Gasteiger partial charge on any atom is 0.270 e. The number of carbonyl (C=O) groups is 2. The lowest BCUT2D eigenvalue weighted by molar-refractivity contribution is 0.0684. The van der Waals surface area contributed by atoms with Gasteiger partial charge in [-0.2, -0.15) is 0 Å². The van der Waals surface area contributed by atoms with Gasteiger partial charge in [-0.15, -0.1) is 0 Å². The highest BCUT2D eigenvalue weighted by atomic mass is 35.5. The van der Waals surface area contributed by atoms with Gasteiger partial charge in [0.1, 0.15) is 5.69 Å². The SMILES string of the molecule is C[C@H]1CCCN1C(=O)c1cc(C(=O)NCc2ccccc2Cl)c2n1CCOC2. The average Bonchev–Trinajstić information content (AvgIpc) is 3.30. The third-order valence-corrected chi connectivity index (χ3v) is 5.95. The van der Waals surface area contributed by atoms with Crippen LogP contribution in [-0.4, -0.2) is 40.5 Å². The summed E-state index contributed by atoms with van der Waals surface area (Å²) in [6.45, 7) is 4.62. The van der Waals surface area contributed by atoms with Crippen LogP contribution in [-0.2, 0) is 24.4 Å². The Labute approximate surface area is 169 Å². The summed E-state index contributed by atoms with van der Waals surface area (Å²) in [4.78, 5) is 27.9. The van der Waals surface area contributed by atoms with Crippen molar-refractivity contribution in [2.24, 2.45) is 0 Å². The van der Waals surface area contributed by atoms with E-state index in [2.05, 4.69) is 12.2 Å². The number of fused-ring (bicyclic) bond motifs is 1. The molecule has 1 aromatic heterocycles. The molecule has 28 heavy (non-hydrogen) atoms. The van der Waals surface area contributed by atoms with Gasteiger partial charge in [0, 0.05) is 30.7 Å². The fourth-order valence-electron chi connectivity index (χ4n) is 3.99. The minimum Gasteiger partial charge on any atom is -0.373 e. The number of amides is 2. The summed E-state index contributed by atoms with van der Waals surface area (Å²) in [5.74, 6) is -0.221. The number of hydrogen-bond donors (Lipinski definition) is 1. The molecule has 0 radical (unpaired) electrons. The van der Waals surface area contributed by atoms with Gasteiger partial charge in [0.15, 0.2) is 0 Å². The van der Waals surface area contributed by atoms with Gasteiger partial charge in [-0.05, 0) is 37.5 Å². The highest BCUT2D eigenvalue weighted by Crippen LogP contribution is 2.26. The molecular weight excluding hydrogens is 378 g/mol. The second-order valence-electron chi connectivity index (χ2n) is 7.36. The van der Waals surface area contributed by atoms with Gasteiger partial charge >= 0.3 is 0 Å². The van der Waals surface area contributed by atoms with E-state index in [4.69, 9.17) is 16.3 Å². The van der Waals surface area contributed by atoms with Crippen LogP contribution in [0.1, 0.15) is 51.9 Å². The van der Waals surface area contributed by atoms with Crippen molar-refractivity contribution in [2.75, 3.05) is 13.2 Å². The first-order valence-corrected chi connectivity index (χ1v) is 10.1. The Morgan fingerprint density at radius 1 is 1.29 bits per heavy atom. The fraction of sp³-hybridized carbons (Fsp3) is 0.429. The van der Waals surface area contributed by atoms with E-state index in [0.717, 1.165) is 30.6 Å². The maximum absolute atomic E-state index is 13.1. The maximum atomic E-state index is 13.1. The fourth-order valence-corrected chi connectivity index (χ4v) is 4.20. The van der Waals surface area contributed by atoms with E-state index in [1.54, 1.807) is 12.1 Å². The van der Waals surface area contributed by atoms with E-state index in [1.165, 1.54) is 0 Å². The number of aromatic nitrogens is 1. The van der Waals surface area contributed by atoms with Gasteiger partial charge in [-0.25, -0.2) is 0 Å². The van der Waals surface area contributed by atoms with E-state index in [0.29, 0.717) is 42.6 Å². The van der Waals surface area contributed by atoms with Gasteiger partial charge in [0.2, 0.25) is 0 Å². The molecule has 7 heteroatoms. The number of likely N-dealkylation sites (tertiary alicyclic amines) is 1. The molecule has 1 fully saturated rings. The highest BCUT2D eigenvalue weighted by Gasteiger charge is 2.31. The zero-order chi connectivity index (χ0) is 19.7. The number of benzene rings is 1. The van der Waals surface area contributed by atoms with E-state index in [1.807, 2.05) is 27.7 Å². The summed E-state index contributed by atoms with van der Waals surface area (Å²) in [6, 6.07) is 9.37. The largest absolute Gasteiger partial charge is 0.373 e. The number of halogens is 1. The molecule has 0 aliphatic carbocycles. The Kier molecular flexibility index (Phi) is 5.42. The Morgan fingerprint density at radius 2 is 2.11 bits per heavy atom. The van der Waals surface area contributed by atoms with Crippen molar-refractivity contribution in [1.29, 1.82) is 0 Å². The van der Waals surface area contributed by atoms with Crippen LogP contribution in [0.25, 0.3) is 0 Å². The minimum atomic E-state index is -0.220. The number of rotatable bonds is 4. The summed E-state index contributed by atoms with van der Waals surface area (Å²) in [5, 5.41) is 3.53. The molecule has 3 heterocycles. The molecule has 2 amide bonds. The van der Waals surface area contributed by atoms with Gasteiger partial charge < -0.3 is 19.5 Å². The molecule has 0 bridgehead atoms. The van der Waals surface area contributed by atoms with Crippen LogP contribution in [0.4, 0.5) is 0 Å². The number of nitrogens with one attached hydrogen (secondary N) is 1. The van der Waals surface area contributed by atoms with Gasteiger partial charge in [-0.3, -0.25) is 9.59 Å². The number of hydrogen-bond acceptors (Lipinski definition) is 3. The predicted molar refractivity (Wildman–Crippen MR) is 106 cm³/mol. The molecule has 0 unspecified atom stereocenters. The number of nitrogens with zero attached hydrogens (tertiary/aromatic N) is 2. The second-order valence-corrected chi connectivity index (χ2v) is 7.77. The van der Waals surface area contributed by atoms with Crippen LogP contribution in [0, 0.1) is 0 Å². The Bertz CT molecular complexity index is 908. The van der Waals surface area contributed by atoms with Crippen molar-refractivity contribution in [3.63, 3.8) is 0 Å². The molecule has 148 valence electrons. The van der Waals surface area contributed by atoms with Crippen LogP contribution >= 0.6 is 11.6 Å². The Morgan fingerprint density at radius 3 is 2.86 bits per heavy atom. The topological polar surface area (TPSA) is 63.6 Å². The third kappa shape index (κ3) is 3.54. The number of ether oxygens (including phenoxy) is 1. The Balaban J connectivity index is 1.58. The average molecular weight is 402 g/mol. The smallest absolute Gasteiger partial charge is 0.270 e. The van der Waals surface area contributed by atoms with Crippen molar-refractivity contribution in [2.45, 2.75) is 45.5 Å². The van der Waals surface area contributed by atoms with Gasteiger partial charge in [0.05, 0.1) is 24.5 Å². The number of carbonyl (C=O) groups excluding carboxylic acids is 2. The van der Waals surface area contributed by atoms with Crippen molar-refractivity contribution < 1.29 is 14.3 Å². The molecule has 6 nitrogen and oxygen atoms in total. The van der Waals surface area contributed by atoms with Crippen molar-refractivity contribution in [1.82, 2.24) is 14.8 Å². The first kappa shape index (κ1) is 19.0. The first-order valence-electron chi connectivity index (χ1n) is 9.69. The molecule has 1 saturated heterocycles. The van der Waals surface area contributed by atoms with Gasteiger partial charge in [0.25, 0.3) is 11.8 Å². The van der Waals surface area contributed by atoms with Crippen LogP contribution in [0.15, 0.2) is 30.3 Å². The lowest BCUT2D eigenvalue weighted by Gasteiger charge is -2.24. The molecule has 4 rings (SSSR count). The molecule has 2 aromatic rings. The molecule has 0 saturated carbocycles. The summed E-state index contributed by atoms with van der Waals surface area (Å²) < 4.78 is 7.51. The van der Waals surface area contributed by atoms with E-state index in [9.17, 15) is 9.59 Å². The van der Waals surface area contributed by atoms with Crippen molar-refractivity contribution >= 4 is 23.4 Å². The monoisotopic (exact) mass is 401 g/mol. The molecule has 1 aromatic carbocycles. The zero-order valence-corrected chi connectivity index (χ0v) is 16.7. The van der Waals surface area contributed by atoms with Gasteiger partial charge in [-0.1, -0.05) is 29.8 Å². The molecule has 2 aliphatic rings. The quantitative estimate of drug-likeness (QED) is 0.855. The second kappa shape index (κ2) is 7.97. The molecular formula is C21H24ClN3O3. The zero-order valence-electron chi connectivity index (χ0n) is 15.9. The first-order chi connectivity index (χ1) is 13.6. The lowest BCUT2D eigenvalue weighted by atomic mass is 10.2. The summed E-state index contributed by atoms with van der Waals surface area (Å²) in [5.41, 5.74) is 2.69. The van der Waals surface area contributed by atoms with Crippen LogP contribution < -0.4 is 5.32 Å². The Hall–Kier alpha value is -2.31. The van der Waals surface area contributed by atoms with Crippen molar-refractivity contribution in [3.8, 4) is 0 Å². The van der Waals surface area contributed by atoms with E-state index < -0.39 is 0 Å². The van der Waals surface area contributed by atoms with E-state index in [-0.39, 0.29) is 17.9 Å². The molecule has 1 atom stereocenters. The molecule has 1 N–H and O–H groups in total. The third-order valence-electron chi connectivity index (χ3n) is 5.58. The van der Waals surface area contributed by atoms with Crippen LogP contribution in [0.5, 0.6) is 0 Å². The normalized spacial score (nSPS) is 18.8. The predicted octanol–water partition coefficient (Wildman–Crippen LogP) is 3.23. The molecule has 2 aliphatic heterocycles.